The fourth-order valence-electron chi connectivity index (χ4n) is 0.529. The molecule has 6 heteroatoms. The summed E-state index contributed by atoms with van der Waals surface area (Å²) in [6.45, 7) is 1.77. The van der Waals surface area contributed by atoms with Crippen molar-refractivity contribution < 1.29 is 0 Å². The van der Waals surface area contributed by atoms with Gasteiger partial charge >= 0.3 is 0 Å². The Morgan fingerprint density at radius 1 is 1.70 bits per heavy atom. The maximum Gasteiger partial charge on any atom is 0.215 e. The molecule has 0 amide bonds. The lowest BCUT2D eigenvalue weighted by Gasteiger charge is -1.99. The maximum absolute atomic E-state index is 5.11. The Kier molecular flexibility index (Phi) is 1.93. The van der Waals surface area contributed by atoms with Crippen LogP contribution in [-0.2, 0) is 0 Å². The molecule has 0 bridgehead atoms. The number of H-pyrrole nitrogens is 1. The molecule has 5 nitrogen and oxygen atoms in total. The van der Waals surface area contributed by atoms with Crippen LogP contribution < -0.4 is 11.3 Å². The van der Waals surface area contributed by atoms with E-state index in [9.17, 15) is 0 Å². The number of aromatic amines is 1. The van der Waals surface area contributed by atoms with Crippen LogP contribution in [0.25, 0.3) is 0 Å². The SMILES string of the molecule is Cc1n[nH]c(=S)nc1NN. The molecule has 0 atom stereocenters. The largest absolute Gasteiger partial charge is 0.307 e. The molecule has 0 unspecified atom stereocenters. The van der Waals surface area contributed by atoms with Crippen molar-refractivity contribution in [3.8, 4) is 0 Å². The van der Waals surface area contributed by atoms with Gasteiger partial charge in [-0.3, -0.25) is 5.10 Å². The van der Waals surface area contributed by atoms with Gasteiger partial charge in [0.25, 0.3) is 0 Å². The number of hydrogen-bond acceptors (Lipinski definition) is 5. The Balaban J connectivity index is 3.22. The first-order valence-corrected chi connectivity index (χ1v) is 3.05. The van der Waals surface area contributed by atoms with Crippen molar-refractivity contribution in [1.29, 1.82) is 0 Å². The standard InChI is InChI=1S/C4H7N5S/c1-2-3(7-5)6-4(10)9-8-2/h5H2,1H3,(H2,6,7,9,10). The van der Waals surface area contributed by atoms with Crippen LogP contribution >= 0.6 is 12.2 Å². The summed E-state index contributed by atoms with van der Waals surface area (Å²) in [5, 5.41) is 6.35. The van der Waals surface area contributed by atoms with Gasteiger partial charge in [-0.2, -0.15) is 10.1 Å². The van der Waals surface area contributed by atoms with Crippen LogP contribution in [-0.4, -0.2) is 15.2 Å². The summed E-state index contributed by atoms with van der Waals surface area (Å²) in [6.07, 6.45) is 0. The zero-order chi connectivity index (χ0) is 7.56. The Bertz CT molecular complexity index is 279. The number of aryl methyl sites for hydroxylation is 1. The quantitative estimate of drug-likeness (QED) is 0.307. The third-order valence-electron chi connectivity index (χ3n) is 1.01. The number of anilines is 1. The average molecular weight is 157 g/mol. The molecule has 0 spiro atoms. The molecule has 1 aromatic heterocycles. The number of nitrogens with two attached hydrogens (primary N) is 1. The van der Waals surface area contributed by atoms with Crippen molar-refractivity contribution in [2.45, 2.75) is 6.92 Å². The van der Waals surface area contributed by atoms with E-state index in [2.05, 4.69) is 20.6 Å². The minimum Gasteiger partial charge on any atom is -0.307 e. The van der Waals surface area contributed by atoms with Crippen molar-refractivity contribution in [3.05, 3.63) is 10.5 Å². The molecular weight excluding hydrogens is 150 g/mol. The Morgan fingerprint density at radius 3 is 2.90 bits per heavy atom. The molecule has 1 aromatic rings. The molecule has 0 saturated heterocycles. The van der Waals surface area contributed by atoms with Crippen molar-refractivity contribution in [2.75, 3.05) is 5.43 Å². The maximum atomic E-state index is 5.11. The number of rotatable bonds is 1. The highest BCUT2D eigenvalue weighted by molar-refractivity contribution is 7.71. The molecule has 0 radical (unpaired) electrons. The van der Waals surface area contributed by atoms with Gasteiger partial charge in [0.15, 0.2) is 5.82 Å². The lowest BCUT2D eigenvalue weighted by Crippen LogP contribution is -2.11. The molecule has 0 aliphatic rings. The summed E-state index contributed by atoms with van der Waals surface area (Å²) >= 11 is 4.70. The van der Waals surface area contributed by atoms with E-state index in [-0.39, 0.29) is 0 Å². The van der Waals surface area contributed by atoms with Crippen molar-refractivity contribution in [2.24, 2.45) is 5.84 Å². The van der Waals surface area contributed by atoms with E-state index in [4.69, 9.17) is 18.1 Å². The van der Waals surface area contributed by atoms with Crippen LogP contribution in [0.15, 0.2) is 0 Å². The van der Waals surface area contributed by atoms with E-state index >= 15 is 0 Å². The second kappa shape index (κ2) is 2.72. The third kappa shape index (κ3) is 1.28. The smallest absolute Gasteiger partial charge is 0.215 e. The van der Waals surface area contributed by atoms with Gasteiger partial charge in [-0.15, -0.1) is 0 Å². The molecule has 0 aliphatic heterocycles. The number of nitrogen functional groups attached to an aromatic ring is 1. The minimum atomic E-state index is 0.318. The summed E-state index contributed by atoms with van der Waals surface area (Å²) in [4.78, 5) is 3.85. The molecular formula is C4H7N5S. The highest BCUT2D eigenvalue weighted by Crippen LogP contribution is 2.01. The Labute approximate surface area is 62.6 Å². The molecule has 0 aliphatic carbocycles. The molecule has 0 aromatic carbocycles. The highest BCUT2D eigenvalue weighted by Gasteiger charge is 1.95. The Hall–Kier alpha value is -1.01. The first-order chi connectivity index (χ1) is 4.74. The predicted octanol–water partition coefficient (Wildman–Crippen LogP) is 0.128. The zero-order valence-corrected chi connectivity index (χ0v) is 6.20. The van der Waals surface area contributed by atoms with Gasteiger partial charge in [0.1, 0.15) is 5.69 Å². The molecule has 0 fully saturated rings. The summed E-state index contributed by atoms with van der Waals surface area (Å²) in [5.74, 6) is 5.61. The van der Waals surface area contributed by atoms with Gasteiger partial charge in [0, 0.05) is 0 Å². The molecule has 1 rings (SSSR count). The van der Waals surface area contributed by atoms with Crippen LogP contribution in [0.2, 0.25) is 0 Å². The lowest BCUT2D eigenvalue weighted by atomic mass is 10.5. The van der Waals surface area contributed by atoms with E-state index in [1.165, 1.54) is 0 Å². The lowest BCUT2D eigenvalue weighted by molar-refractivity contribution is 0.907. The van der Waals surface area contributed by atoms with Crippen LogP contribution in [0.1, 0.15) is 5.69 Å². The summed E-state index contributed by atoms with van der Waals surface area (Å²) < 4.78 is 0.318. The van der Waals surface area contributed by atoms with Crippen LogP contribution in [0.4, 0.5) is 5.82 Å². The van der Waals surface area contributed by atoms with Gasteiger partial charge in [-0.05, 0) is 19.1 Å². The normalized spacial score (nSPS) is 9.40. The second-order valence-electron chi connectivity index (χ2n) is 1.72. The van der Waals surface area contributed by atoms with E-state index in [0.29, 0.717) is 16.3 Å². The predicted molar refractivity (Wildman–Crippen MR) is 39.8 cm³/mol. The number of aromatic nitrogens is 3. The van der Waals surface area contributed by atoms with E-state index in [0.717, 1.165) is 0 Å². The zero-order valence-electron chi connectivity index (χ0n) is 5.38. The second-order valence-corrected chi connectivity index (χ2v) is 2.11. The van der Waals surface area contributed by atoms with Crippen molar-refractivity contribution in [1.82, 2.24) is 15.2 Å². The van der Waals surface area contributed by atoms with Gasteiger partial charge in [0.2, 0.25) is 4.77 Å². The number of hydrazine groups is 1. The molecule has 54 valence electrons. The summed E-state index contributed by atoms with van der Waals surface area (Å²) in [6, 6.07) is 0. The van der Waals surface area contributed by atoms with E-state index in [1.54, 1.807) is 6.92 Å². The van der Waals surface area contributed by atoms with Gasteiger partial charge in [0.05, 0.1) is 0 Å². The first-order valence-electron chi connectivity index (χ1n) is 2.64. The number of nitrogens with one attached hydrogen (secondary N) is 2. The molecule has 4 N–H and O–H groups in total. The van der Waals surface area contributed by atoms with Crippen LogP contribution in [0, 0.1) is 11.7 Å². The monoisotopic (exact) mass is 157 g/mol. The fraction of sp³-hybridized carbons (Fsp3) is 0.250. The van der Waals surface area contributed by atoms with Crippen molar-refractivity contribution >= 4 is 18.0 Å². The number of hydrogen-bond donors (Lipinski definition) is 3. The molecule has 10 heavy (non-hydrogen) atoms. The van der Waals surface area contributed by atoms with Gasteiger partial charge in [-0.25, -0.2) is 5.84 Å². The van der Waals surface area contributed by atoms with Gasteiger partial charge in [-0.1, -0.05) is 0 Å². The fourth-order valence-corrected chi connectivity index (χ4v) is 0.666. The summed E-state index contributed by atoms with van der Waals surface area (Å²) in [7, 11) is 0. The molecule has 1 heterocycles. The highest BCUT2D eigenvalue weighted by atomic mass is 32.1. The average Bonchev–Trinajstić information content (AvgIpc) is 1.94. The van der Waals surface area contributed by atoms with Crippen LogP contribution in [0.5, 0.6) is 0 Å². The first kappa shape index (κ1) is 7.10. The third-order valence-corrected chi connectivity index (χ3v) is 1.19. The Morgan fingerprint density at radius 2 is 2.40 bits per heavy atom. The molecule has 0 saturated carbocycles. The van der Waals surface area contributed by atoms with Gasteiger partial charge < -0.3 is 5.43 Å². The topological polar surface area (TPSA) is 79.6 Å². The van der Waals surface area contributed by atoms with Crippen molar-refractivity contribution in [3.63, 3.8) is 0 Å². The minimum absolute atomic E-state index is 0.318. The summed E-state index contributed by atoms with van der Waals surface area (Å²) in [5.41, 5.74) is 3.07. The number of nitrogens with zero attached hydrogens (tertiary/aromatic N) is 2. The van der Waals surface area contributed by atoms with E-state index in [1.807, 2.05) is 0 Å². The van der Waals surface area contributed by atoms with Crippen LogP contribution in [0.3, 0.4) is 0 Å². The van der Waals surface area contributed by atoms with E-state index < -0.39 is 0 Å².